The Morgan fingerprint density at radius 1 is 0.279 bits per heavy atom. The van der Waals surface area contributed by atoms with Crippen molar-refractivity contribution in [1.29, 1.82) is 0 Å². The SMILES string of the molecule is CC(C)Cc1cc(-c2cc[c-]c(-c3cccc(Oc4ccnc(-c5[c-]cc(-c6ccccc6-c6cc(-c7ccccc7-c7c[c-]c(-c8ccccn8)cc7)cc(-c7ccccc7-c7c[c-]c(-c8ccccn8)cc7)c6)c[c-]5)n4)n3)c2)ccc1-c1ccc(-c2ccc(-c3ccccc3)c(CC(C)C)c2)c(CC(C)C)c1.[Ir+3].[Pt+2]. The molecule has 12 aromatic carbocycles. The van der Waals surface area contributed by atoms with E-state index < -0.39 is 0 Å². The van der Waals surface area contributed by atoms with Crippen LogP contribution in [-0.4, -0.2) is 24.9 Å². The topological polar surface area (TPSA) is 73.7 Å². The van der Waals surface area contributed by atoms with Crippen LogP contribution in [0.2, 0.25) is 0 Å². The molecule has 0 aliphatic rings. The Kier molecular flexibility index (Phi) is 23.9. The van der Waals surface area contributed by atoms with Crippen molar-refractivity contribution in [1.82, 2.24) is 24.9 Å². The molecule has 0 amide bonds. The summed E-state index contributed by atoms with van der Waals surface area (Å²) < 4.78 is 6.46. The molecule has 0 saturated carbocycles. The second-order valence-corrected chi connectivity index (χ2v) is 29.2. The Labute approximate surface area is 681 Å². The number of benzene rings is 12. The first kappa shape index (κ1) is 76.1. The molecule has 542 valence electrons. The Morgan fingerprint density at radius 2 is 0.694 bits per heavy atom. The summed E-state index contributed by atoms with van der Waals surface area (Å²) in [4.78, 5) is 23.8. The molecule has 16 rings (SSSR count). The number of nitrogens with zero attached hydrogens (tertiary/aromatic N) is 5. The molecule has 0 radical (unpaired) electrons. The second-order valence-electron chi connectivity index (χ2n) is 29.2. The Bertz CT molecular complexity index is 5740. The average molecular weight is 1790 g/mol. The van der Waals surface area contributed by atoms with Gasteiger partial charge < -0.3 is 19.7 Å². The zero-order valence-electron chi connectivity index (χ0n) is 62.7. The van der Waals surface area contributed by atoms with Gasteiger partial charge in [0.1, 0.15) is 0 Å². The van der Waals surface area contributed by atoms with Crippen molar-refractivity contribution in [3.8, 4) is 168 Å². The van der Waals surface area contributed by atoms with Crippen LogP contribution in [0.5, 0.6) is 11.8 Å². The van der Waals surface area contributed by atoms with Crippen LogP contribution in [0.25, 0.3) is 156 Å². The molecular formula is C103H80IrN5OPt. The minimum atomic E-state index is 0. The van der Waals surface area contributed by atoms with Gasteiger partial charge in [0, 0.05) is 24.7 Å². The molecule has 0 atom stereocenters. The van der Waals surface area contributed by atoms with Crippen molar-refractivity contribution in [3.05, 3.63) is 369 Å². The maximum atomic E-state index is 6.46. The van der Waals surface area contributed by atoms with Crippen LogP contribution in [0.4, 0.5) is 0 Å². The van der Waals surface area contributed by atoms with Crippen molar-refractivity contribution in [3.63, 3.8) is 0 Å². The molecule has 0 spiro atoms. The third-order valence-corrected chi connectivity index (χ3v) is 19.9. The Balaban J connectivity index is 0.00000513. The molecule has 6 nitrogen and oxygen atoms in total. The summed E-state index contributed by atoms with van der Waals surface area (Å²) in [5, 5.41) is 0. The maximum Gasteiger partial charge on any atom is 3.00 e. The Hall–Kier alpha value is -11.7. The summed E-state index contributed by atoms with van der Waals surface area (Å²) in [6.45, 7) is 13.9. The van der Waals surface area contributed by atoms with Crippen LogP contribution in [0, 0.1) is 48.1 Å². The van der Waals surface area contributed by atoms with Gasteiger partial charge in [0.2, 0.25) is 11.8 Å². The number of hydrogen-bond acceptors (Lipinski definition) is 6. The zero-order chi connectivity index (χ0) is 74.2. The van der Waals surface area contributed by atoms with Crippen LogP contribution in [0.3, 0.4) is 0 Å². The van der Waals surface area contributed by atoms with Crippen molar-refractivity contribution in [2.24, 2.45) is 17.8 Å². The summed E-state index contributed by atoms with van der Waals surface area (Å²) in [5.41, 5.74) is 32.6. The second kappa shape index (κ2) is 34.9. The fourth-order valence-corrected chi connectivity index (χ4v) is 14.9. The first-order valence-electron chi connectivity index (χ1n) is 37.6. The van der Waals surface area contributed by atoms with Gasteiger partial charge in [0.15, 0.2) is 0 Å². The van der Waals surface area contributed by atoms with Crippen molar-refractivity contribution in [2.45, 2.75) is 60.8 Å². The maximum absolute atomic E-state index is 6.46. The molecule has 0 fully saturated rings. The van der Waals surface area contributed by atoms with Gasteiger partial charge in [-0.1, -0.05) is 263 Å². The van der Waals surface area contributed by atoms with Gasteiger partial charge in [-0.15, -0.1) is 95.1 Å². The zero-order valence-corrected chi connectivity index (χ0v) is 67.4. The standard InChI is InChI=1S/C103H80N5O.Ir.Pt/c1-68(2)58-83-62-79(48-51-90(83)81-50-53-91(85(64-81)60-70(5)6)80-49-52-89(71-22-8-7-9-23-71)84(63-80)59-69(3)4)78-24-20-25-82(61-78)100-34-21-35-101(107-100)109-102-54-57-106-103(108-102)77-46-40-74(41-47-77)94-28-12-15-31-97(94)88-66-86(95-29-13-10-26-92(95)72-36-42-75(43-37-72)98-32-16-18-55-104-98)65-87(67-88)96-30-14-11-27-93(96)73-38-44-76(45-39-73)99-33-17-19-56-105-99;;/h7-24,26-42,44,48-57,61-70H,58-60H2,1-6H3;;/q-5;+3;+2. The van der Waals surface area contributed by atoms with E-state index in [0.29, 0.717) is 40.9 Å². The molecule has 4 aromatic heterocycles. The molecule has 0 aliphatic heterocycles. The summed E-state index contributed by atoms with van der Waals surface area (Å²) in [5.74, 6) is 2.65. The first-order valence-corrected chi connectivity index (χ1v) is 37.6. The van der Waals surface area contributed by atoms with Crippen LogP contribution >= 0.6 is 0 Å². The third-order valence-electron chi connectivity index (χ3n) is 19.9. The molecule has 4 heterocycles. The van der Waals surface area contributed by atoms with Crippen LogP contribution < -0.4 is 4.74 Å². The fraction of sp³-hybridized carbons (Fsp3) is 0.117. The van der Waals surface area contributed by atoms with E-state index in [2.05, 4.69) is 306 Å². The molecule has 111 heavy (non-hydrogen) atoms. The van der Waals surface area contributed by atoms with E-state index in [-0.39, 0.29) is 41.2 Å². The molecule has 0 saturated heterocycles. The third kappa shape index (κ3) is 17.5. The normalized spacial score (nSPS) is 11.2. The predicted octanol–water partition coefficient (Wildman–Crippen LogP) is 26.4. The molecule has 0 bridgehead atoms. The summed E-state index contributed by atoms with van der Waals surface area (Å²) in [6.07, 6.45) is 8.28. The fourth-order valence-electron chi connectivity index (χ4n) is 14.9. The minimum Gasteiger partial charge on any atom is -0.423 e. The molecule has 0 N–H and O–H groups in total. The average Bonchev–Trinajstić information content (AvgIpc) is 0.769. The quantitative estimate of drug-likeness (QED) is 0.0630. The minimum absolute atomic E-state index is 0. The van der Waals surface area contributed by atoms with Gasteiger partial charge in [-0.3, -0.25) is 22.1 Å². The van der Waals surface area contributed by atoms with E-state index >= 15 is 0 Å². The molecule has 0 unspecified atom stereocenters. The van der Waals surface area contributed by atoms with Crippen LogP contribution in [0.15, 0.2) is 322 Å². The summed E-state index contributed by atoms with van der Waals surface area (Å²) >= 11 is 0. The van der Waals surface area contributed by atoms with Gasteiger partial charge in [-0.2, -0.15) is 5.56 Å². The molecular weight excluding hydrogens is 1710 g/mol. The van der Waals surface area contributed by atoms with Crippen molar-refractivity contribution in [2.75, 3.05) is 0 Å². The van der Waals surface area contributed by atoms with E-state index in [4.69, 9.17) is 19.7 Å². The predicted molar refractivity (Wildman–Crippen MR) is 448 cm³/mol. The van der Waals surface area contributed by atoms with Gasteiger partial charge in [-0.05, 0) is 185 Å². The van der Waals surface area contributed by atoms with E-state index in [9.17, 15) is 0 Å². The van der Waals surface area contributed by atoms with Crippen LogP contribution in [0.1, 0.15) is 58.2 Å². The Morgan fingerprint density at radius 3 is 1.17 bits per heavy atom. The number of pyridine rings is 3. The molecule has 0 aliphatic carbocycles. The van der Waals surface area contributed by atoms with E-state index in [0.717, 1.165) is 131 Å². The summed E-state index contributed by atoms with van der Waals surface area (Å²) in [6, 6.07) is 125. The monoisotopic (exact) mass is 1790 g/mol. The van der Waals surface area contributed by atoms with Gasteiger partial charge in [0.25, 0.3) is 0 Å². The number of aromatic nitrogens is 5. The number of ether oxygens (including phenoxy) is 1. The smallest absolute Gasteiger partial charge is 0.423 e. The number of hydrogen-bond donors (Lipinski definition) is 0. The van der Waals surface area contributed by atoms with Crippen molar-refractivity contribution < 1.29 is 45.9 Å². The van der Waals surface area contributed by atoms with Crippen molar-refractivity contribution >= 4 is 0 Å². The molecule has 8 heteroatoms. The van der Waals surface area contributed by atoms with Gasteiger partial charge in [0.05, 0.1) is 0 Å². The van der Waals surface area contributed by atoms with Crippen LogP contribution in [-0.2, 0) is 60.4 Å². The van der Waals surface area contributed by atoms with E-state index in [1.165, 1.54) is 50.1 Å². The largest absolute Gasteiger partial charge is 3.00 e. The van der Waals surface area contributed by atoms with E-state index in [1.807, 2.05) is 85.2 Å². The van der Waals surface area contributed by atoms with Gasteiger partial charge in [-0.25, -0.2) is 17.7 Å². The number of rotatable bonds is 22. The first-order chi connectivity index (χ1) is 53.4. The van der Waals surface area contributed by atoms with Gasteiger partial charge >= 0.3 is 41.2 Å². The molecule has 16 aromatic rings. The van der Waals surface area contributed by atoms with E-state index in [1.54, 1.807) is 12.3 Å². The summed E-state index contributed by atoms with van der Waals surface area (Å²) in [7, 11) is 0.